The van der Waals surface area contributed by atoms with Gasteiger partial charge < -0.3 is 19.6 Å². The van der Waals surface area contributed by atoms with Gasteiger partial charge in [-0.25, -0.2) is 9.51 Å². The number of carbonyl (C=O) groups excluding carboxylic acids is 1. The smallest absolute Gasteiger partial charge is 0.260 e. The van der Waals surface area contributed by atoms with Gasteiger partial charge in [-0.05, 0) is 30.7 Å². The Morgan fingerprint density at radius 2 is 2.10 bits per heavy atom. The molecule has 1 fully saturated rings. The molecule has 1 aliphatic heterocycles. The summed E-state index contributed by atoms with van der Waals surface area (Å²) in [5, 5.41) is 16.9. The van der Waals surface area contributed by atoms with Crippen LogP contribution in [0.4, 0.5) is 5.69 Å². The fourth-order valence-corrected chi connectivity index (χ4v) is 4.07. The average Bonchev–Trinajstić information content (AvgIpc) is 3.34. The minimum absolute atomic E-state index is 0.0381. The quantitative estimate of drug-likeness (QED) is 0.500. The summed E-state index contributed by atoms with van der Waals surface area (Å²) in [6.45, 7) is 5.94. The minimum atomic E-state index is -0.0710. The van der Waals surface area contributed by atoms with Crippen LogP contribution in [0.3, 0.4) is 0 Å². The highest BCUT2D eigenvalue weighted by molar-refractivity contribution is 6.22. The molecule has 0 unspecified atom stereocenters. The maximum absolute atomic E-state index is 12.1. The molecule has 0 bridgehead atoms. The standard InChI is InChI=1S/C23H29N5O3/c1-17-15-19(18(16-21(17)30)24-8-13-29)25-22-20-7-3-4-9-27(20)26-23(22)31-14-12-28(2)10-5-6-11-28/h3-4,7,9,15-16,29H,5-6,8,10-14H2,1-2H3/p+1/b25-19+. The zero-order valence-corrected chi connectivity index (χ0v) is 18.2. The highest BCUT2D eigenvalue weighted by Gasteiger charge is 2.27. The average molecular weight is 425 g/mol. The summed E-state index contributed by atoms with van der Waals surface area (Å²) in [6, 6.07) is 5.80. The van der Waals surface area contributed by atoms with Gasteiger partial charge in [0.2, 0.25) is 0 Å². The Morgan fingerprint density at radius 3 is 2.87 bits per heavy atom. The van der Waals surface area contributed by atoms with Crippen LogP contribution in [0.2, 0.25) is 0 Å². The fraction of sp³-hybridized carbons (Fsp3) is 0.435. The Hall–Kier alpha value is -2.97. The number of nitrogens with one attached hydrogen (secondary N) is 1. The van der Waals surface area contributed by atoms with Crippen LogP contribution in [-0.4, -0.2) is 77.1 Å². The van der Waals surface area contributed by atoms with E-state index in [0.717, 1.165) is 16.5 Å². The van der Waals surface area contributed by atoms with Crippen molar-refractivity contribution in [2.45, 2.75) is 19.8 Å². The van der Waals surface area contributed by atoms with Crippen LogP contribution in [0.25, 0.3) is 5.52 Å². The summed E-state index contributed by atoms with van der Waals surface area (Å²) in [5.41, 5.74) is 3.28. The molecule has 0 spiro atoms. The molecule has 8 heteroatoms. The predicted octanol–water partition coefficient (Wildman–Crippen LogP) is 2.02. The number of ketones is 1. The number of ether oxygens (including phenoxy) is 1. The third-order valence-corrected chi connectivity index (χ3v) is 5.95. The molecular weight excluding hydrogens is 394 g/mol. The van der Waals surface area contributed by atoms with Gasteiger partial charge in [-0.3, -0.25) is 4.79 Å². The van der Waals surface area contributed by atoms with E-state index in [9.17, 15) is 9.90 Å². The fourth-order valence-electron chi connectivity index (χ4n) is 4.07. The molecule has 2 aliphatic rings. The van der Waals surface area contributed by atoms with E-state index in [-0.39, 0.29) is 12.4 Å². The largest absolute Gasteiger partial charge is 0.469 e. The van der Waals surface area contributed by atoms with E-state index >= 15 is 0 Å². The third-order valence-electron chi connectivity index (χ3n) is 5.95. The molecule has 1 aliphatic carbocycles. The SMILES string of the molecule is CC1=C/C(=N\c2c(OCC[N+]3(C)CCCC3)nn3ccccc23)C(NCCO)=CC1=O. The second-order valence-electron chi connectivity index (χ2n) is 8.43. The van der Waals surface area contributed by atoms with E-state index in [1.807, 2.05) is 24.4 Å². The second kappa shape index (κ2) is 9.03. The molecule has 8 nitrogen and oxygen atoms in total. The summed E-state index contributed by atoms with van der Waals surface area (Å²) >= 11 is 0. The number of carbonyl (C=O) groups is 1. The molecule has 0 atom stereocenters. The lowest BCUT2D eigenvalue weighted by Crippen LogP contribution is -2.43. The van der Waals surface area contributed by atoms with Crippen LogP contribution in [-0.2, 0) is 4.79 Å². The number of hydrogen-bond acceptors (Lipinski definition) is 6. The molecule has 1 saturated heterocycles. The molecule has 2 N–H and O–H groups in total. The first-order valence-corrected chi connectivity index (χ1v) is 10.8. The Morgan fingerprint density at radius 1 is 1.29 bits per heavy atom. The molecule has 4 rings (SSSR count). The highest BCUT2D eigenvalue weighted by atomic mass is 16.5. The number of likely N-dealkylation sites (N-methyl/N-ethyl adjacent to an activating group) is 1. The first-order valence-electron chi connectivity index (χ1n) is 10.8. The number of aliphatic imine (C=N–C) groups is 1. The van der Waals surface area contributed by atoms with Gasteiger partial charge in [-0.1, -0.05) is 6.07 Å². The topological polar surface area (TPSA) is 88.2 Å². The Balaban J connectivity index is 1.66. The van der Waals surface area contributed by atoms with Crippen molar-refractivity contribution in [2.75, 3.05) is 46.4 Å². The molecular formula is C23H30N5O3+. The molecule has 164 valence electrons. The van der Waals surface area contributed by atoms with Gasteiger partial charge in [0, 0.05) is 31.7 Å². The number of quaternary nitrogens is 1. The molecule has 2 aromatic heterocycles. The van der Waals surface area contributed by atoms with Gasteiger partial charge in [0.15, 0.2) is 11.5 Å². The van der Waals surface area contributed by atoms with Gasteiger partial charge in [-0.15, -0.1) is 5.10 Å². The third kappa shape index (κ3) is 4.70. The van der Waals surface area contributed by atoms with E-state index in [2.05, 4.69) is 17.5 Å². The van der Waals surface area contributed by atoms with E-state index in [1.165, 1.54) is 32.0 Å². The molecule has 0 amide bonds. The number of allylic oxidation sites excluding steroid dienone is 3. The zero-order chi connectivity index (χ0) is 21.8. The first-order chi connectivity index (χ1) is 15.0. The lowest BCUT2D eigenvalue weighted by Gasteiger charge is -2.28. The maximum atomic E-state index is 12.1. The van der Waals surface area contributed by atoms with E-state index in [1.54, 1.807) is 17.5 Å². The van der Waals surface area contributed by atoms with E-state index < -0.39 is 0 Å². The number of hydrogen-bond donors (Lipinski definition) is 2. The van der Waals surface area contributed by atoms with Crippen molar-refractivity contribution in [3.63, 3.8) is 0 Å². The van der Waals surface area contributed by atoms with Crippen LogP contribution >= 0.6 is 0 Å². The van der Waals surface area contributed by atoms with Crippen molar-refractivity contribution in [3.8, 4) is 5.88 Å². The van der Waals surface area contributed by atoms with Gasteiger partial charge in [0.1, 0.15) is 13.2 Å². The number of likely N-dealkylation sites (tertiary alicyclic amines) is 1. The van der Waals surface area contributed by atoms with Crippen LogP contribution in [0.15, 0.2) is 52.8 Å². The van der Waals surface area contributed by atoms with Crippen LogP contribution in [0.5, 0.6) is 5.88 Å². The Bertz CT molecular complexity index is 1060. The molecule has 0 saturated carbocycles. The maximum Gasteiger partial charge on any atom is 0.260 e. The van der Waals surface area contributed by atoms with Crippen LogP contribution < -0.4 is 10.1 Å². The lowest BCUT2D eigenvalue weighted by molar-refractivity contribution is -0.897. The van der Waals surface area contributed by atoms with Gasteiger partial charge in [-0.2, -0.15) is 0 Å². The summed E-state index contributed by atoms with van der Waals surface area (Å²) in [4.78, 5) is 17.0. The monoisotopic (exact) mass is 424 g/mol. The van der Waals surface area contributed by atoms with Gasteiger partial charge in [0.25, 0.3) is 5.88 Å². The summed E-state index contributed by atoms with van der Waals surface area (Å²) in [7, 11) is 2.28. The first kappa shape index (κ1) is 21.3. The number of aromatic nitrogens is 2. The lowest BCUT2D eigenvalue weighted by atomic mass is 10.0. The molecule has 3 heterocycles. The number of nitrogens with zero attached hydrogens (tertiary/aromatic N) is 4. The Labute approximate surface area is 182 Å². The van der Waals surface area contributed by atoms with E-state index in [4.69, 9.17) is 9.73 Å². The van der Waals surface area contributed by atoms with Crippen molar-refractivity contribution in [1.29, 1.82) is 0 Å². The van der Waals surface area contributed by atoms with Gasteiger partial charge >= 0.3 is 0 Å². The Kier molecular flexibility index (Phi) is 6.20. The minimum Gasteiger partial charge on any atom is -0.469 e. The van der Waals surface area contributed by atoms with Crippen molar-refractivity contribution >= 4 is 22.7 Å². The summed E-state index contributed by atoms with van der Waals surface area (Å²) < 4.78 is 8.92. The molecule has 31 heavy (non-hydrogen) atoms. The second-order valence-corrected chi connectivity index (χ2v) is 8.43. The van der Waals surface area contributed by atoms with Gasteiger partial charge in [0.05, 0.1) is 43.7 Å². The van der Waals surface area contributed by atoms with Crippen molar-refractivity contribution in [2.24, 2.45) is 4.99 Å². The normalized spacial score (nSPS) is 19.6. The summed E-state index contributed by atoms with van der Waals surface area (Å²) in [6.07, 6.45) is 7.68. The van der Waals surface area contributed by atoms with Crippen molar-refractivity contribution in [1.82, 2.24) is 14.9 Å². The number of aliphatic hydroxyl groups excluding tert-OH is 1. The number of rotatable bonds is 8. The number of fused-ring (bicyclic) bond motifs is 1. The molecule has 2 aromatic rings. The molecule has 0 radical (unpaired) electrons. The highest BCUT2D eigenvalue weighted by Crippen LogP contribution is 2.33. The predicted molar refractivity (Wildman–Crippen MR) is 120 cm³/mol. The van der Waals surface area contributed by atoms with Crippen LogP contribution in [0.1, 0.15) is 19.8 Å². The van der Waals surface area contributed by atoms with Crippen molar-refractivity contribution < 1.29 is 19.1 Å². The molecule has 0 aromatic carbocycles. The zero-order valence-electron chi connectivity index (χ0n) is 18.2. The number of pyridine rings is 1. The summed E-state index contributed by atoms with van der Waals surface area (Å²) in [5.74, 6) is 0.410. The van der Waals surface area contributed by atoms with Crippen LogP contribution in [0, 0.1) is 0 Å². The van der Waals surface area contributed by atoms with Crippen molar-refractivity contribution in [3.05, 3.63) is 47.8 Å². The number of aliphatic hydroxyl groups is 1. The van der Waals surface area contributed by atoms with E-state index in [0.29, 0.717) is 41.7 Å².